The van der Waals surface area contributed by atoms with E-state index in [1.54, 1.807) is 30.3 Å². The van der Waals surface area contributed by atoms with E-state index >= 15 is 0 Å². The molecule has 3 aromatic rings. The summed E-state index contributed by atoms with van der Waals surface area (Å²) in [5, 5.41) is 7.04. The van der Waals surface area contributed by atoms with Gasteiger partial charge in [-0.3, -0.25) is 4.79 Å². The molecule has 1 N–H and O–H groups in total. The average molecular weight is 454 g/mol. The lowest BCUT2D eigenvalue weighted by Gasteiger charge is -2.14. The molecule has 0 bridgehead atoms. The van der Waals surface area contributed by atoms with E-state index in [0.717, 1.165) is 6.20 Å². The second kappa shape index (κ2) is 9.38. The van der Waals surface area contributed by atoms with Gasteiger partial charge in [0.05, 0.1) is 12.1 Å². The van der Waals surface area contributed by atoms with E-state index in [1.165, 1.54) is 6.07 Å². The lowest BCUT2D eigenvalue weighted by atomic mass is 10.0. The number of rotatable bonds is 7. The number of carbonyl (C=O) groups excluding carboxylic acids is 1. The zero-order valence-electron chi connectivity index (χ0n) is 16.7. The van der Waals surface area contributed by atoms with Crippen LogP contribution in [0, 0.1) is 0 Å². The molecule has 1 amide bonds. The van der Waals surface area contributed by atoms with Crippen LogP contribution in [0.5, 0.6) is 5.88 Å². The molecule has 0 saturated heterocycles. The molecular formula is C21H19ClF3N3O3. The van der Waals surface area contributed by atoms with Crippen LogP contribution in [-0.4, -0.2) is 28.8 Å². The van der Waals surface area contributed by atoms with E-state index in [0.29, 0.717) is 22.0 Å². The van der Waals surface area contributed by atoms with Gasteiger partial charge in [-0.25, -0.2) is 4.98 Å². The van der Waals surface area contributed by atoms with Gasteiger partial charge >= 0.3 is 6.18 Å². The highest BCUT2D eigenvalue weighted by atomic mass is 35.5. The van der Waals surface area contributed by atoms with Gasteiger partial charge in [0.2, 0.25) is 5.88 Å². The van der Waals surface area contributed by atoms with Crippen molar-refractivity contribution in [2.75, 3.05) is 6.61 Å². The lowest BCUT2D eigenvalue weighted by molar-refractivity contribution is -0.154. The molecule has 2 heterocycles. The normalized spacial score (nSPS) is 11.6. The van der Waals surface area contributed by atoms with E-state index in [2.05, 4.69) is 15.5 Å². The highest BCUT2D eigenvalue weighted by molar-refractivity contribution is 6.30. The van der Waals surface area contributed by atoms with Crippen molar-refractivity contribution in [1.29, 1.82) is 0 Å². The van der Waals surface area contributed by atoms with Crippen LogP contribution in [0.4, 0.5) is 13.2 Å². The fourth-order valence-corrected chi connectivity index (χ4v) is 2.76. The number of nitrogens with zero attached hydrogens (tertiary/aromatic N) is 2. The number of carbonyl (C=O) groups is 1. The Morgan fingerprint density at radius 1 is 1.23 bits per heavy atom. The molecule has 31 heavy (non-hydrogen) atoms. The minimum Gasteiger partial charge on any atom is -0.468 e. The number of halogens is 4. The minimum atomic E-state index is -4.53. The molecule has 1 aromatic carbocycles. The van der Waals surface area contributed by atoms with Gasteiger partial charge in [0.25, 0.3) is 5.91 Å². The van der Waals surface area contributed by atoms with Crippen LogP contribution in [0.2, 0.25) is 5.02 Å². The summed E-state index contributed by atoms with van der Waals surface area (Å²) < 4.78 is 47.8. The predicted molar refractivity (Wildman–Crippen MR) is 108 cm³/mol. The third kappa shape index (κ3) is 6.21. The van der Waals surface area contributed by atoms with E-state index in [4.69, 9.17) is 20.9 Å². The molecule has 0 fully saturated rings. The van der Waals surface area contributed by atoms with Gasteiger partial charge in [-0.2, -0.15) is 13.2 Å². The maximum Gasteiger partial charge on any atom is 0.422 e. The Balaban J connectivity index is 1.81. The third-order valence-corrected chi connectivity index (χ3v) is 4.47. The highest BCUT2D eigenvalue weighted by Crippen LogP contribution is 2.31. The number of pyridine rings is 1. The Labute approximate surface area is 181 Å². The first-order valence-electron chi connectivity index (χ1n) is 9.31. The molecule has 0 aliphatic carbocycles. The Morgan fingerprint density at radius 2 is 1.94 bits per heavy atom. The lowest BCUT2D eigenvalue weighted by Crippen LogP contribution is -2.23. The molecule has 0 aliphatic rings. The molecule has 0 aliphatic heterocycles. The molecule has 0 atom stereocenters. The summed E-state index contributed by atoms with van der Waals surface area (Å²) in [4.78, 5) is 16.5. The molecule has 164 valence electrons. The van der Waals surface area contributed by atoms with E-state index in [1.807, 2.05) is 13.8 Å². The van der Waals surface area contributed by atoms with Crippen LogP contribution in [0.15, 0.2) is 47.1 Å². The van der Waals surface area contributed by atoms with Gasteiger partial charge < -0.3 is 14.6 Å². The number of benzene rings is 1. The Kier molecular flexibility index (Phi) is 6.84. The van der Waals surface area contributed by atoms with Crippen LogP contribution in [0.25, 0.3) is 11.1 Å². The maximum absolute atomic E-state index is 12.6. The first-order valence-corrected chi connectivity index (χ1v) is 9.69. The van der Waals surface area contributed by atoms with E-state index in [9.17, 15) is 18.0 Å². The fraction of sp³-hybridized carbons (Fsp3) is 0.286. The monoisotopic (exact) mass is 453 g/mol. The molecule has 0 spiro atoms. The van der Waals surface area contributed by atoms with Crippen molar-refractivity contribution in [3.05, 3.63) is 64.6 Å². The first-order chi connectivity index (χ1) is 14.6. The quantitative estimate of drug-likeness (QED) is 0.519. The minimum absolute atomic E-state index is 0.123. The van der Waals surface area contributed by atoms with Crippen molar-refractivity contribution in [1.82, 2.24) is 15.5 Å². The summed E-state index contributed by atoms with van der Waals surface area (Å²) in [6.07, 6.45) is -3.37. The number of nitrogens with one attached hydrogen (secondary N) is 1. The van der Waals surface area contributed by atoms with Crippen LogP contribution >= 0.6 is 11.6 Å². The second-order valence-corrected chi connectivity index (χ2v) is 7.48. The van der Waals surface area contributed by atoms with Gasteiger partial charge in [-0.1, -0.05) is 42.7 Å². The standard InChI is InChI=1S/C21H19ClF3N3O3/c1-12(2)18-8-16(28-31-18)10-26-19(29)14-7-17(13-3-5-15(22)6-4-13)20(27-9-14)30-11-21(23,24)25/h3-9,12H,10-11H2,1-2H3,(H,26,29). The predicted octanol–water partition coefficient (Wildman–Crippen LogP) is 5.38. The van der Waals surface area contributed by atoms with Crippen LogP contribution in [0.1, 0.15) is 41.6 Å². The van der Waals surface area contributed by atoms with Crippen molar-refractivity contribution < 1.29 is 27.2 Å². The largest absolute Gasteiger partial charge is 0.468 e. The number of amides is 1. The molecule has 6 nitrogen and oxygen atoms in total. The summed E-state index contributed by atoms with van der Waals surface area (Å²) in [5.74, 6) is 0.142. The third-order valence-electron chi connectivity index (χ3n) is 4.22. The molecule has 0 unspecified atom stereocenters. The first kappa shape index (κ1) is 22.6. The van der Waals surface area contributed by atoms with Gasteiger partial charge in [0.1, 0.15) is 11.5 Å². The molecule has 10 heteroatoms. The summed E-state index contributed by atoms with van der Waals surface area (Å²) in [7, 11) is 0. The van der Waals surface area contributed by atoms with Gasteiger partial charge in [0, 0.05) is 28.8 Å². The number of hydrogen-bond donors (Lipinski definition) is 1. The van der Waals surface area contributed by atoms with Gasteiger partial charge in [-0.15, -0.1) is 0 Å². The van der Waals surface area contributed by atoms with Crippen molar-refractivity contribution in [2.24, 2.45) is 0 Å². The number of ether oxygens (including phenoxy) is 1. The zero-order valence-corrected chi connectivity index (χ0v) is 17.4. The Morgan fingerprint density at radius 3 is 2.55 bits per heavy atom. The van der Waals surface area contributed by atoms with Crippen molar-refractivity contribution in [2.45, 2.75) is 32.5 Å². The van der Waals surface area contributed by atoms with Gasteiger partial charge in [0.15, 0.2) is 6.61 Å². The molecular weight excluding hydrogens is 435 g/mol. The van der Waals surface area contributed by atoms with E-state index in [-0.39, 0.29) is 29.5 Å². The topological polar surface area (TPSA) is 77.2 Å². The number of hydrogen-bond acceptors (Lipinski definition) is 5. The smallest absolute Gasteiger partial charge is 0.422 e. The van der Waals surface area contributed by atoms with Crippen LogP contribution in [-0.2, 0) is 6.54 Å². The summed E-state index contributed by atoms with van der Waals surface area (Å²) in [6, 6.07) is 9.52. The Hall–Kier alpha value is -3.07. The van der Waals surface area contributed by atoms with E-state index < -0.39 is 18.7 Å². The molecule has 3 rings (SSSR count). The fourth-order valence-electron chi connectivity index (χ4n) is 2.63. The summed E-state index contributed by atoms with van der Waals surface area (Å²) >= 11 is 5.89. The summed E-state index contributed by atoms with van der Waals surface area (Å²) in [5.41, 5.74) is 1.43. The molecule has 0 radical (unpaired) electrons. The maximum atomic E-state index is 12.6. The van der Waals surface area contributed by atoms with Crippen molar-refractivity contribution in [3.63, 3.8) is 0 Å². The number of alkyl halides is 3. The molecule has 2 aromatic heterocycles. The van der Waals surface area contributed by atoms with Crippen molar-refractivity contribution >= 4 is 17.5 Å². The van der Waals surface area contributed by atoms with Crippen molar-refractivity contribution in [3.8, 4) is 17.0 Å². The number of aromatic nitrogens is 2. The Bertz CT molecular complexity index is 1050. The highest BCUT2D eigenvalue weighted by Gasteiger charge is 2.29. The second-order valence-electron chi connectivity index (χ2n) is 7.05. The average Bonchev–Trinajstić information content (AvgIpc) is 3.20. The zero-order chi connectivity index (χ0) is 22.6. The van der Waals surface area contributed by atoms with Crippen LogP contribution in [0.3, 0.4) is 0 Å². The SMILES string of the molecule is CC(C)c1cc(CNC(=O)c2cnc(OCC(F)(F)F)c(-c3ccc(Cl)cc3)c2)no1. The van der Waals surface area contributed by atoms with Gasteiger partial charge in [-0.05, 0) is 23.8 Å². The van der Waals surface area contributed by atoms with Crippen LogP contribution < -0.4 is 10.1 Å². The molecule has 0 saturated carbocycles. The summed E-state index contributed by atoms with van der Waals surface area (Å²) in [6.45, 7) is 2.53.